The third kappa shape index (κ3) is 11.1. The van der Waals surface area contributed by atoms with E-state index in [1.165, 1.54) is 14.0 Å². The number of ether oxygens (including phenoxy) is 6. The van der Waals surface area contributed by atoms with E-state index < -0.39 is 104 Å². The van der Waals surface area contributed by atoms with Crippen molar-refractivity contribution < 1.29 is 63.5 Å². The van der Waals surface area contributed by atoms with Gasteiger partial charge in [-0.1, -0.05) is 31.2 Å². The zero-order valence-electron chi connectivity index (χ0n) is 30.0. The molecule has 0 aromatic rings. The van der Waals surface area contributed by atoms with E-state index in [1.807, 2.05) is 13.0 Å². The van der Waals surface area contributed by atoms with E-state index in [9.17, 15) is 35.1 Å². The average Bonchev–Trinajstić information content (AvgIpc) is 3.00. The maximum atomic E-state index is 12.8. The zero-order chi connectivity index (χ0) is 36.6. The Morgan fingerprint density at radius 3 is 2.31 bits per heavy atom. The molecule has 49 heavy (non-hydrogen) atoms. The van der Waals surface area contributed by atoms with Crippen LogP contribution in [0.5, 0.6) is 0 Å². The van der Waals surface area contributed by atoms with Crippen LogP contribution in [-0.2, 0) is 38.0 Å². The number of rotatable bonds is 8. The molecule has 282 valence electrons. The number of carbonyl (C=O) groups excluding carboxylic acids is 2. The van der Waals surface area contributed by atoms with Gasteiger partial charge in [0.1, 0.15) is 36.8 Å². The van der Waals surface area contributed by atoms with Crippen molar-refractivity contribution in [2.24, 2.45) is 11.8 Å². The molecule has 14 nitrogen and oxygen atoms in total. The minimum atomic E-state index is -1.46. The van der Waals surface area contributed by atoms with Gasteiger partial charge in [-0.15, -0.1) is 0 Å². The van der Waals surface area contributed by atoms with E-state index in [4.69, 9.17) is 28.4 Å². The highest BCUT2D eigenvalue weighted by Gasteiger charge is 2.51. The molecular formula is C35H59NO13. The lowest BCUT2D eigenvalue weighted by molar-refractivity contribution is -0.344. The van der Waals surface area contributed by atoms with Crippen molar-refractivity contribution >= 4 is 12.3 Å². The number of esters is 1. The molecule has 0 radical (unpaired) electrons. The van der Waals surface area contributed by atoms with E-state index in [0.717, 1.165) is 6.29 Å². The summed E-state index contributed by atoms with van der Waals surface area (Å²) in [4.78, 5) is 26.6. The summed E-state index contributed by atoms with van der Waals surface area (Å²) in [5, 5.41) is 55.2. The Bertz CT molecular complexity index is 1100. The molecule has 0 aliphatic carbocycles. The number of aldehydes is 1. The van der Waals surface area contributed by atoms with Crippen molar-refractivity contribution in [2.45, 2.75) is 152 Å². The third-order valence-electron chi connectivity index (χ3n) is 9.83. The van der Waals surface area contributed by atoms with Crippen LogP contribution in [-0.4, -0.2) is 149 Å². The van der Waals surface area contributed by atoms with Gasteiger partial charge in [0.2, 0.25) is 0 Å². The molecule has 3 aliphatic rings. The molecule has 0 saturated carbocycles. The number of aliphatic hydroxyl groups is 5. The Morgan fingerprint density at radius 1 is 1.00 bits per heavy atom. The highest BCUT2D eigenvalue weighted by Crippen LogP contribution is 2.36. The van der Waals surface area contributed by atoms with Gasteiger partial charge in [0.25, 0.3) is 0 Å². The number of hydrogen-bond acceptors (Lipinski definition) is 14. The lowest BCUT2D eigenvalue weighted by atomic mass is 9.82. The second kappa shape index (κ2) is 18.6. The SMILES string of the molecule is COC1[C@H](O)CC(=O)O[C@H](C)C/C=C/C=C/[C@H](O)[C@H](C)C[C@H](CC=O)[C@@H]1O[C@@H]1O[C@H](C)[C@@H](O[C@H]2C[C@@](C)(O)[C@@H](O)[C@H](C)O2)[C@H](N(C)C)[C@H]1O. The average molecular weight is 702 g/mol. The second-order valence-electron chi connectivity index (χ2n) is 14.3. The van der Waals surface area contributed by atoms with Gasteiger partial charge in [0.05, 0.1) is 48.6 Å². The summed E-state index contributed by atoms with van der Waals surface area (Å²) >= 11 is 0. The first kappa shape index (κ1) is 41.6. The lowest BCUT2D eigenvalue weighted by Gasteiger charge is -2.50. The molecule has 2 saturated heterocycles. The Morgan fingerprint density at radius 2 is 1.69 bits per heavy atom. The molecule has 2 fully saturated rings. The molecule has 0 amide bonds. The van der Waals surface area contributed by atoms with Crippen LogP contribution in [0.3, 0.4) is 0 Å². The van der Waals surface area contributed by atoms with Gasteiger partial charge in [-0.2, -0.15) is 0 Å². The molecule has 16 atom stereocenters. The summed E-state index contributed by atoms with van der Waals surface area (Å²) in [5.41, 5.74) is -1.46. The summed E-state index contributed by atoms with van der Waals surface area (Å²) < 4.78 is 36.1. The second-order valence-corrected chi connectivity index (χ2v) is 14.3. The van der Waals surface area contributed by atoms with Crippen molar-refractivity contribution in [3.63, 3.8) is 0 Å². The summed E-state index contributed by atoms with van der Waals surface area (Å²) in [6, 6.07) is -0.721. The molecule has 0 bridgehead atoms. The Balaban J connectivity index is 1.94. The number of methoxy groups -OCH3 is 1. The smallest absolute Gasteiger partial charge is 0.308 e. The van der Waals surface area contributed by atoms with Crippen molar-refractivity contribution in [1.29, 1.82) is 0 Å². The Hall–Kier alpha value is -1.82. The van der Waals surface area contributed by atoms with Gasteiger partial charge < -0.3 is 63.6 Å². The quantitative estimate of drug-likeness (QED) is 0.177. The fraction of sp³-hybridized carbons (Fsp3) is 0.829. The number of carbonyl (C=O) groups is 2. The number of allylic oxidation sites excluding steroid dienone is 2. The number of aliphatic hydroxyl groups excluding tert-OH is 4. The van der Waals surface area contributed by atoms with Crippen LogP contribution in [0.15, 0.2) is 24.3 Å². The van der Waals surface area contributed by atoms with Gasteiger partial charge in [-0.25, -0.2) is 0 Å². The highest BCUT2D eigenvalue weighted by molar-refractivity contribution is 5.70. The van der Waals surface area contributed by atoms with Crippen LogP contribution in [0.1, 0.15) is 66.7 Å². The summed E-state index contributed by atoms with van der Waals surface area (Å²) in [6.07, 6.45) is -4.00. The van der Waals surface area contributed by atoms with Crippen LogP contribution < -0.4 is 0 Å². The summed E-state index contributed by atoms with van der Waals surface area (Å²) in [5.74, 6) is -1.64. The maximum Gasteiger partial charge on any atom is 0.308 e. The molecule has 0 spiro atoms. The third-order valence-corrected chi connectivity index (χ3v) is 9.83. The standard InChI is InChI=1S/C35H59NO13/c1-19-16-23(14-15-37)31(32(44-8)25(39)17-26(40)45-20(2)12-10-9-11-13-24(19)38)49-34-29(41)28(36(6)7)30(21(3)47-34)48-27-18-35(5,43)33(42)22(4)46-27/h9-11,13,15,19-25,27-34,38-39,41-43H,12,14,16-18H2,1-8H3/b10-9+,13-11+/t19-,20-,21-,22+,23+,24+,25-,27+,28-,29-,30-,31+,32?,33+,34+,35-/m1/s1. The number of nitrogens with zero attached hydrogens (tertiary/aromatic N) is 1. The molecule has 3 aliphatic heterocycles. The Labute approximate surface area is 289 Å². The fourth-order valence-electron chi connectivity index (χ4n) is 7.04. The normalized spacial score (nSPS) is 46.2. The minimum Gasteiger partial charge on any atom is -0.462 e. The summed E-state index contributed by atoms with van der Waals surface area (Å²) in [7, 11) is 4.86. The van der Waals surface area contributed by atoms with Crippen molar-refractivity contribution in [2.75, 3.05) is 21.2 Å². The van der Waals surface area contributed by atoms with Gasteiger partial charge in [0, 0.05) is 26.4 Å². The van der Waals surface area contributed by atoms with Crippen molar-refractivity contribution in [1.82, 2.24) is 4.90 Å². The topological polar surface area (TPSA) is 194 Å². The van der Waals surface area contributed by atoms with E-state index in [2.05, 4.69) is 0 Å². The zero-order valence-corrected chi connectivity index (χ0v) is 30.0. The largest absolute Gasteiger partial charge is 0.462 e. The van der Waals surface area contributed by atoms with E-state index >= 15 is 0 Å². The lowest BCUT2D eigenvalue weighted by Crippen LogP contribution is -2.65. The molecule has 5 N–H and O–H groups in total. The molecule has 3 rings (SSSR count). The monoisotopic (exact) mass is 701 g/mol. The maximum absolute atomic E-state index is 12.8. The minimum absolute atomic E-state index is 0.0164. The molecular weight excluding hydrogens is 642 g/mol. The highest BCUT2D eigenvalue weighted by atomic mass is 16.7. The van der Waals surface area contributed by atoms with Crippen LogP contribution in [0.4, 0.5) is 0 Å². The number of likely N-dealkylation sites (N-methyl/N-ethyl adjacent to an activating group) is 1. The molecule has 14 heteroatoms. The van der Waals surface area contributed by atoms with Crippen LogP contribution >= 0.6 is 0 Å². The number of cyclic esters (lactones) is 1. The molecule has 0 aromatic heterocycles. The van der Waals surface area contributed by atoms with Crippen molar-refractivity contribution in [3.8, 4) is 0 Å². The fourth-order valence-corrected chi connectivity index (χ4v) is 7.04. The van der Waals surface area contributed by atoms with Gasteiger partial charge in [0.15, 0.2) is 12.6 Å². The Kier molecular flexibility index (Phi) is 15.8. The van der Waals surface area contributed by atoms with Crippen molar-refractivity contribution in [3.05, 3.63) is 24.3 Å². The summed E-state index contributed by atoms with van der Waals surface area (Å²) in [6.45, 7) is 8.44. The first-order valence-corrected chi connectivity index (χ1v) is 17.2. The van der Waals surface area contributed by atoms with Crippen LogP contribution in [0.2, 0.25) is 0 Å². The van der Waals surface area contributed by atoms with Crippen LogP contribution in [0, 0.1) is 11.8 Å². The van der Waals surface area contributed by atoms with E-state index in [-0.39, 0.29) is 25.2 Å². The first-order chi connectivity index (χ1) is 23.0. The van der Waals surface area contributed by atoms with Gasteiger partial charge in [-0.3, -0.25) is 4.79 Å². The van der Waals surface area contributed by atoms with E-state index in [0.29, 0.717) is 6.42 Å². The van der Waals surface area contributed by atoms with Gasteiger partial charge >= 0.3 is 5.97 Å². The molecule has 1 unspecified atom stereocenters. The predicted molar refractivity (Wildman–Crippen MR) is 177 cm³/mol. The van der Waals surface area contributed by atoms with Gasteiger partial charge in [-0.05, 0) is 60.0 Å². The van der Waals surface area contributed by atoms with Crippen LogP contribution in [0.25, 0.3) is 0 Å². The van der Waals surface area contributed by atoms with E-state index in [1.54, 1.807) is 58.0 Å². The predicted octanol–water partition coefficient (Wildman–Crippen LogP) is 0.846. The molecule has 3 heterocycles. The molecule has 0 aromatic carbocycles. The first-order valence-electron chi connectivity index (χ1n) is 17.2. The number of hydrogen-bond donors (Lipinski definition) is 5.